The van der Waals surface area contributed by atoms with Crippen LogP contribution in [0, 0.1) is 13.8 Å². The SMILES string of the molecule is CCOC(=O)c1c(C)[nH]c(C(=O)Nc2ccc(N3CCCS3(=O)=O)cc2)c1C. The van der Waals surface area contributed by atoms with Gasteiger partial charge in [-0.2, -0.15) is 0 Å². The first kappa shape index (κ1) is 19.9. The van der Waals surface area contributed by atoms with Crippen LogP contribution in [0.1, 0.15) is 45.4 Å². The first-order valence-electron chi connectivity index (χ1n) is 9.02. The summed E-state index contributed by atoms with van der Waals surface area (Å²) >= 11 is 0. The molecule has 1 saturated heterocycles. The van der Waals surface area contributed by atoms with Gasteiger partial charge in [-0.05, 0) is 57.0 Å². The molecule has 1 amide bonds. The molecule has 1 aromatic heterocycles. The molecule has 1 aliphatic rings. The third-order valence-electron chi connectivity index (χ3n) is 4.66. The number of hydrogen-bond acceptors (Lipinski definition) is 5. The second kappa shape index (κ2) is 7.67. The number of H-pyrrole nitrogens is 1. The fourth-order valence-electron chi connectivity index (χ4n) is 3.32. The summed E-state index contributed by atoms with van der Waals surface area (Å²) in [4.78, 5) is 27.6. The minimum Gasteiger partial charge on any atom is -0.462 e. The second-order valence-electron chi connectivity index (χ2n) is 6.59. The smallest absolute Gasteiger partial charge is 0.340 e. The Morgan fingerprint density at radius 1 is 1.21 bits per heavy atom. The van der Waals surface area contributed by atoms with Gasteiger partial charge in [-0.25, -0.2) is 13.2 Å². The predicted octanol–water partition coefficient (Wildman–Crippen LogP) is 2.60. The summed E-state index contributed by atoms with van der Waals surface area (Å²) in [6.07, 6.45) is 0.606. The number of nitrogens with one attached hydrogen (secondary N) is 2. The molecule has 1 fully saturated rings. The second-order valence-corrected chi connectivity index (χ2v) is 8.60. The van der Waals surface area contributed by atoms with Crippen molar-refractivity contribution in [1.82, 2.24) is 4.98 Å². The van der Waals surface area contributed by atoms with Gasteiger partial charge >= 0.3 is 5.97 Å². The molecular formula is C19H23N3O5S. The third-order valence-corrected chi connectivity index (χ3v) is 6.53. The molecule has 0 radical (unpaired) electrons. The van der Waals surface area contributed by atoms with Crippen molar-refractivity contribution < 1.29 is 22.7 Å². The Morgan fingerprint density at radius 2 is 1.89 bits per heavy atom. The molecule has 0 spiro atoms. The number of rotatable bonds is 5. The number of aromatic nitrogens is 1. The molecule has 8 nitrogen and oxygen atoms in total. The maximum Gasteiger partial charge on any atom is 0.340 e. The lowest BCUT2D eigenvalue weighted by Gasteiger charge is -2.17. The Kier molecular flexibility index (Phi) is 5.46. The highest BCUT2D eigenvalue weighted by molar-refractivity contribution is 7.93. The van der Waals surface area contributed by atoms with Crippen molar-refractivity contribution in [2.24, 2.45) is 0 Å². The van der Waals surface area contributed by atoms with Crippen LogP contribution in [-0.2, 0) is 14.8 Å². The number of esters is 1. The Labute approximate surface area is 163 Å². The minimum absolute atomic E-state index is 0.153. The number of anilines is 2. The van der Waals surface area contributed by atoms with Crippen molar-refractivity contribution in [3.63, 3.8) is 0 Å². The monoisotopic (exact) mass is 405 g/mol. The van der Waals surface area contributed by atoms with Gasteiger partial charge in [-0.3, -0.25) is 9.10 Å². The number of nitrogens with zero attached hydrogens (tertiary/aromatic N) is 1. The highest BCUT2D eigenvalue weighted by Gasteiger charge is 2.28. The van der Waals surface area contributed by atoms with Gasteiger partial charge in [0.25, 0.3) is 5.91 Å². The number of sulfonamides is 1. The van der Waals surface area contributed by atoms with Crippen LogP contribution in [-0.4, -0.2) is 44.2 Å². The van der Waals surface area contributed by atoms with Crippen LogP contribution < -0.4 is 9.62 Å². The van der Waals surface area contributed by atoms with E-state index in [9.17, 15) is 18.0 Å². The standard InChI is InChI=1S/C19H23N3O5S/c1-4-27-19(24)16-12(2)17(20-13(16)3)18(23)21-14-6-8-15(9-7-14)22-10-5-11-28(22,25)26/h6-9,20H,4-5,10-11H2,1-3H3,(H,21,23). The Hall–Kier alpha value is -2.81. The number of ether oxygens (including phenoxy) is 1. The molecule has 2 N–H and O–H groups in total. The molecular weight excluding hydrogens is 382 g/mol. The van der Waals surface area contributed by atoms with Crippen molar-refractivity contribution in [2.75, 3.05) is 28.5 Å². The normalized spacial score (nSPS) is 15.5. The summed E-state index contributed by atoms with van der Waals surface area (Å²) in [5.74, 6) is -0.707. The quantitative estimate of drug-likeness (QED) is 0.744. The van der Waals surface area contributed by atoms with Gasteiger partial charge in [0.15, 0.2) is 0 Å². The lowest BCUT2D eigenvalue weighted by atomic mass is 10.1. The Balaban J connectivity index is 1.77. The van der Waals surface area contributed by atoms with E-state index in [1.165, 1.54) is 4.31 Å². The summed E-state index contributed by atoms with van der Waals surface area (Å²) in [6.45, 7) is 5.84. The zero-order valence-electron chi connectivity index (χ0n) is 16.0. The average Bonchev–Trinajstić information content (AvgIpc) is 3.14. The number of aromatic amines is 1. The minimum atomic E-state index is -3.24. The van der Waals surface area contributed by atoms with Gasteiger partial charge in [-0.15, -0.1) is 0 Å². The van der Waals surface area contributed by atoms with Crippen LogP contribution in [0.5, 0.6) is 0 Å². The van der Waals surface area contributed by atoms with E-state index in [1.807, 2.05) is 0 Å². The molecule has 1 aromatic carbocycles. The molecule has 1 aliphatic heterocycles. The van der Waals surface area contributed by atoms with E-state index in [0.717, 1.165) is 0 Å². The number of benzene rings is 1. The number of amides is 1. The van der Waals surface area contributed by atoms with Crippen LogP contribution >= 0.6 is 0 Å². The fourth-order valence-corrected chi connectivity index (χ4v) is 4.89. The number of carbonyl (C=O) groups excluding carboxylic acids is 2. The maximum atomic E-state index is 12.6. The van der Waals surface area contributed by atoms with E-state index in [0.29, 0.717) is 41.2 Å². The highest BCUT2D eigenvalue weighted by Crippen LogP contribution is 2.26. The van der Waals surface area contributed by atoms with Gasteiger partial charge in [0.2, 0.25) is 10.0 Å². The van der Waals surface area contributed by atoms with Gasteiger partial charge in [-0.1, -0.05) is 0 Å². The first-order chi connectivity index (χ1) is 13.2. The summed E-state index contributed by atoms with van der Waals surface area (Å²) < 4.78 is 30.4. The number of carbonyl (C=O) groups is 2. The van der Waals surface area contributed by atoms with E-state index < -0.39 is 21.9 Å². The molecule has 3 rings (SSSR count). The van der Waals surface area contributed by atoms with E-state index in [1.54, 1.807) is 45.0 Å². The molecule has 0 aliphatic carbocycles. The first-order valence-corrected chi connectivity index (χ1v) is 10.6. The van der Waals surface area contributed by atoms with Gasteiger partial charge < -0.3 is 15.0 Å². The molecule has 150 valence electrons. The third kappa shape index (κ3) is 3.75. The summed E-state index contributed by atoms with van der Waals surface area (Å²) in [5, 5.41) is 2.76. The molecule has 28 heavy (non-hydrogen) atoms. The lowest BCUT2D eigenvalue weighted by molar-refractivity contribution is 0.0525. The molecule has 0 atom stereocenters. The van der Waals surface area contributed by atoms with Crippen LogP contribution in [0.25, 0.3) is 0 Å². The topological polar surface area (TPSA) is 109 Å². The van der Waals surface area contributed by atoms with E-state index >= 15 is 0 Å². The largest absolute Gasteiger partial charge is 0.462 e. The van der Waals surface area contributed by atoms with Crippen LogP contribution in [0.3, 0.4) is 0 Å². The molecule has 2 aromatic rings. The molecule has 0 saturated carbocycles. The van der Waals surface area contributed by atoms with Gasteiger partial charge in [0.1, 0.15) is 5.69 Å². The van der Waals surface area contributed by atoms with Gasteiger partial charge in [0, 0.05) is 17.9 Å². The predicted molar refractivity (Wildman–Crippen MR) is 106 cm³/mol. The molecule has 2 heterocycles. The summed E-state index contributed by atoms with van der Waals surface area (Å²) in [6, 6.07) is 6.63. The van der Waals surface area contributed by atoms with Crippen molar-refractivity contribution >= 4 is 33.3 Å². The summed E-state index contributed by atoms with van der Waals surface area (Å²) in [5.41, 5.74) is 2.83. The molecule has 9 heteroatoms. The zero-order valence-corrected chi connectivity index (χ0v) is 16.9. The maximum absolute atomic E-state index is 12.6. The van der Waals surface area contributed by atoms with Crippen molar-refractivity contribution in [3.8, 4) is 0 Å². The summed E-state index contributed by atoms with van der Waals surface area (Å²) in [7, 11) is -3.24. The highest BCUT2D eigenvalue weighted by atomic mass is 32.2. The fraction of sp³-hybridized carbons (Fsp3) is 0.368. The van der Waals surface area contributed by atoms with Crippen molar-refractivity contribution in [1.29, 1.82) is 0 Å². The van der Waals surface area contributed by atoms with E-state index in [-0.39, 0.29) is 18.1 Å². The lowest BCUT2D eigenvalue weighted by Crippen LogP contribution is -2.25. The Morgan fingerprint density at radius 3 is 2.46 bits per heavy atom. The van der Waals surface area contributed by atoms with E-state index in [4.69, 9.17) is 4.74 Å². The van der Waals surface area contributed by atoms with Crippen LogP contribution in [0.15, 0.2) is 24.3 Å². The zero-order chi connectivity index (χ0) is 20.5. The number of aryl methyl sites for hydroxylation is 1. The van der Waals surface area contributed by atoms with Crippen molar-refractivity contribution in [3.05, 3.63) is 46.8 Å². The molecule has 0 unspecified atom stereocenters. The average molecular weight is 405 g/mol. The Bertz CT molecular complexity index is 1010. The van der Waals surface area contributed by atoms with Crippen LogP contribution in [0.2, 0.25) is 0 Å². The van der Waals surface area contributed by atoms with Crippen molar-refractivity contribution in [2.45, 2.75) is 27.2 Å². The van der Waals surface area contributed by atoms with Gasteiger partial charge in [0.05, 0.1) is 23.6 Å². The molecule has 0 bridgehead atoms. The van der Waals surface area contributed by atoms with Crippen LogP contribution in [0.4, 0.5) is 11.4 Å². The number of hydrogen-bond donors (Lipinski definition) is 2. The van der Waals surface area contributed by atoms with E-state index in [2.05, 4.69) is 10.3 Å².